The summed E-state index contributed by atoms with van der Waals surface area (Å²) in [4.78, 5) is 26.2. The number of nitrogens with zero attached hydrogens (tertiary/aromatic N) is 1. The number of anilines is 2. The Hall–Kier alpha value is -1.56. The van der Waals surface area contributed by atoms with Crippen LogP contribution in [0.15, 0.2) is 0 Å². The molecule has 1 aromatic rings. The van der Waals surface area contributed by atoms with Crippen molar-refractivity contribution in [3.8, 4) is 0 Å². The monoisotopic (exact) mass is 296 g/mol. The molecule has 0 aliphatic carbocycles. The summed E-state index contributed by atoms with van der Waals surface area (Å²) in [6.07, 6.45) is 4.58. The molecular weight excluding hydrogens is 276 g/mol. The van der Waals surface area contributed by atoms with E-state index in [2.05, 4.69) is 4.90 Å². The van der Waals surface area contributed by atoms with Crippen molar-refractivity contribution in [1.82, 2.24) is 0 Å². The predicted molar refractivity (Wildman–Crippen MR) is 80.8 cm³/mol. The quantitative estimate of drug-likeness (QED) is 0.686. The van der Waals surface area contributed by atoms with E-state index in [4.69, 9.17) is 10.5 Å². The maximum absolute atomic E-state index is 12.0. The lowest BCUT2D eigenvalue weighted by molar-refractivity contribution is 0.0603. The van der Waals surface area contributed by atoms with Crippen molar-refractivity contribution < 1.29 is 14.3 Å². The maximum atomic E-state index is 12.0. The van der Waals surface area contributed by atoms with Gasteiger partial charge in [0.1, 0.15) is 10.6 Å². The third kappa shape index (κ3) is 2.80. The molecule has 110 valence electrons. The van der Waals surface area contributed by atoms with Crippen LogP contribution in [0.2, 0.25) is 0 Å². The van der Waals surface area contributed by atoms with Gasteiger partial charge in [0.15, 0.2) is 5.78 Å². The third-order valence-electron chi connectivity index (χ3n) is 3.53. The van der Waals surface area contributed by atoms with Gasteiger partial charge in [0.05, 0.1) is 17.7 Å². The summed E-state index contributed by atoms with van der Waals surface area (Å²) in [6.45, 7) is 3.25. The van der Waals surface area contributed by atoms with E-state index >= 15 is 0 Å². The molecule has 1 aliphatic rings. The molecule has 0 amide bonds. The largest absolute Gasteiger partial charge is 0.465 e. The highest BCUT2D eigenvalue weighted by molar-refractivity contribution is 7.19. The number of hydrogen-bond donors (Lipinski definition) is 1. The average Bonchev–Trinajstić information content (AvgIpc) is 2.63. The van der Waals surface area contributed by atoms with Gasteiger partial charge in [0, 0.05) is 20.0 Å². The minimum absolute atomic E-state index is 0.112. The summed E-state index contributed by atoms with van der Waals surface area (Å²) in [6, 6.07) is 0. The fourth-order valence-electron chi connectivity index (χ4n) is 2.49. The SMILES string of the molecule is COC(=O)c1c(N2CCCCCC2)sc(C(C)=O)c1N. The second-order valence-electron chi connectivity index (χ2n) is 4.97. The molecule has 0 radical (unpaired) electrons. The Morgan fingerprint density at radius 2 is 1.80 bits per heavy atom. The molecule has 0 unspecified atom stereocenters. The molecule has 0 bridgehead atoms. The second-order valence-corrected chi connectivity index (χ2v) is 5.97. The van der Waals surface area contributed by atoms with E-state index < -0.39 is 5.97 Å². The lowest BCUT2D eigenvalue weighted by Gasteiger charge is -2.21. The van der Waals surface area contributed by atoms with Crippen LogP contribution in [0.5, 0.6) is 0 Å². The summed E-state index contributed by atoms with van der Waals surface area (Å²) in [7, 11) is 1.33. The number of ether oxygens (including phenoxy) is 1. The van der Waals surface area contributed by atoms with E-state index in [1.54, 1.807) is 0 Å². The first-order chi connectivity index (χ1) is 9.56. The Bertz CT molecular complexity index is 517. The molecule has 0 spiro atoms. The number of thiophene rings is 1. The molecule has 0 atom stereocenters. The number of ketones is 1. The zero-order valence-electron chi connectivity index (χ0n) is 11.9. The number of Topliss-reactive ketones (excluding diaryl/α,β-unsaturated/α-hetero) is 1. The molecule has 2 rings (SSSR count). The van der Waals surface area contributed by atoms with Crippen molar-refractivity contribution in [1.29, 1.82) is 0 Å². The number of nitrogen functional groups attached to an aromatic ring is 1. The van der Waals surface area contributed by atoms with Crippen LogP contribution in [0, 0.1) is 0 Å². The topological polar surface area (TPSA) is 72.6 Å². The van der Waals surface area contributed by atoms with Gasteiger partial charge in [-0.1, -0.05) is 12.8 Å². The molecular formula is C14H20N2O3S. The standard InChI is InChI=1S/C14H20N2O3S/c1-9(17)12-11(15)10(14(18)19-2)13(20-12)16-7-5-3-4-6-8-16/h3-8,15H2,1-2H3. The van der Waals surface area contributed by atoms with Gasteiger partial charge in [-0.25, -0.2) is 4.79 Å². The van der Waals surface area contributed by atoms with Crippen LogP contribution >= 0.6 is 11.3 Å². The zero-order valence-corrected chi connectivity index (χ0v) is 12.7. The summed E-state index contributed by atoms with van der Waals surface area (Å²) >= 11 is 1.30. The van der Waals surface area contributed by atoms with E-state index in [0.717, 1.165) is 30.9 Å². The molecule has 1 saturated heterocycles. The van der Waals surface area contributed by atoms with Gasteiger partial charge in [0.25, 0.3) is 0 Å². The zero-order chi connectivity index (χ0) is 14.7. The van der Waals surface area contributed by atoms with Gasteiger partial charge in [-0.2, -0.15) is 0 Å². The van der Waals surface area contributed by atoms with Crippen molar-refractivity contribution in [2.75, 3.05) is 30.8 Å². The highest BCUT2D eigenvalue weighted by atomic mass is 32.1. The Balaban J connectivity index is 2.46. The minimum Gasteiger partial charge on any atom is -0.465 e. The fourth-order valence-corrected chi connectivity index (χ4v) is 3.64. The molecule has 1 aromatic heterocycles. The number of rotatable bonds is 3. The predicted octanol–water partition coefficient (Wildman–Crippen LogP) is 2.70. The van der Waals surface area contributed by atoms with Crippen LogP contribution in [-0.2, 0) is 4.74 Å². The summed E-state index contributed by atoms with van der Waals surface area (Å²) in [5, 5.41) is 0.779. The Morgan fingerprint density at radius 1 is 1.20 bits per heavy atom. The number of esters is 1. The van der Waals surface area contributed by atoms with E-state index in [9.17, 15) is 9.59 Å². The molecule has 0 saturated carbocycles. The Morgan fingerprint density at radius 3 is 2.30 bits per heavy atom. The first-order valence-corrected chi connectivity index (χ1v) is 7.64. The molecule has 0 aromatic carbocycles. The number of carbonyl (C=O) groups is 2. The van der Waals surface area contributed by atoms with Crippen molar-refractivity contribution >= 4 is 33.8 Å². The van der Waals surface area contributed by atoms with Gasteiger partial charge in [-0.15, -0.1) is 11.3 Å². The van der Waals surface area contributed by atoms with Crippen LogP contribution in [0.3, 0.4) is 0 Å². The van der Waals surface area contributed by atoms with Gasteiger partial charge in [-0.05, 0) is 12.8 Å². The van der Waals surface area contributed by atoms with Gasteiger partial charge < -0.3 is 15.4 Å². The van der Waals surface area contributed by atoms with Crippen molar-refractivity contribution in [2.45, 2.75) is 32.6 Å². The van der Waals surface area contributed by atoms with Gasteiger partial charge in [-0.3, -0.25) is 4.79 Å². The van der Waals surface area contributed by atoms with Crippen LogP contribution in [0.4, 0.5) is 10.7 Å². The molecule has 1 aliphatic heterocycles. The highest BCUT2D eigenvalue weighted by Crippen LogP contribution is 2.39. The molecule has 2 N–H and O–H groups in total. The molecule has 5 nitrogen and oxygen atoms in total. The smallest absolute Gasteiger partial charge is 0.343 e. The van der Waals surface area contributed by atoms with E-state index in [1.807, 2.05) is 0 Å². The highest BCUT2D eigenvalue weighted by Gasteiger charge is 2.28. The Labute approximate surface area is 122 Å². The van der Waals surface area contributed by atoms with E-state index in [-0.39, 0.29) is 11.5 Å². The lowest BCUT2D eigenvalue weighted by Crippen LogP contribution is -2.25. The number of hydrogen-bond acceptors (Lipinski definition) is 6. The van der Waals surface area contributed by atoms with Crippen molar-refractivity contribution in [2.24, 2.45) is 0 Å². The minimum atomic E-state index is -0.467. The number of methoxy groups -OCH3 is 1. The first-order valence-electron chi connectivity index (χ1n) is 6.82. The van der Waals surface area contributed by atoms with Gasteiger partial charge >= 0.3 is 5.97 Å². The normalized spacial score (nSPS) is 15.8. The summed E-state index contributed by atoms with van der Waals surface area (Å²) in [5.74, 6) is -0.579. The molecule has 6 heteroatoms. The van der Waals surface area contributed by atoms with Crippen molar-refractivity contribution in [3.63, 3.8) is 0 Å². The summed E-state index contributed by atoms with van der Waals surface area (Å²) < 4.78 is 4.82. The van der Waals surface area contributed by atoms with Crippen molar-refractivity contribution in [3.05, 3.63) is 10.4 Å². The second kappa shape index (κ2) is 6.26. The Kier molecular flexibility index (Phi) is 4.65. The first kappa shape index (κ1) is 14.8. The van der Waals surface area contributed by atoms with Crippen LogP contribution < -0.4 is 10.6 Å². The molecule has 20 heavy (non-hydrogen) atoms. The average molecular weight is 296 g/mol. The lowest BCUT2D eigenvalue weighted by atomic mass is 10.2. The molecule has 2 heterocycles. The van der Waals surface area contributed by atoms with Gasteiger partial charge in [0.2, 0.25) is 0 Å². The summed E-state index contributed by atoms with van der Waals surface area (Å²) in [5.41, 5.74) is 6.60. The number of carbonyl (C=O) groups excluding carboxylic acids is 2. The van der Waals surface area contributed by atoms with E-state index in [1.165, 1.54) is 38.2 Å². The van der Waals surface area contributed by atoms with Crippen LogP contribution in [-0.4, -0.2) is 32.0 Å². The van der Waals surface area contributed by atoms with Crippen LogP contribution in [0.25, 0.3) is 0 Å². The maximum Gasteiger partial charge on any atom is 0.343 e. The van der Waals surface area contributed by atoms with E-state index in [0.29, 0.717) is 10.4 Å². The third-order valence-corrected chi connectivity index (χ3v) is 4.90. The fraction of sp³-hybridized carbons (Fsp3) is 0.571. The van der Waals surface area contributed by atoms with Crippen LogP contribution in [0.1, 0.15) is 52.6 Å². The molecule has 1 fully saturated rings. The number of nitrogens with two attached hydrogens (primary N) is 1.